The average molecular weight is 674 g/mol. The third-order valence-electron chi connectivity index (χ3n) is 8.69. The molecule has 0 radical (unpaired) electrons. The quantitative estimate of drug-likeness (QED) is 0.0596. The molecule has 4 aromatic carbocycles. The van der Waals surface area contributed by atoms with Crippen molar-refractivity contribution >= 4 is 68.5 Å². The third kappa shape index (κ3) is 8.63. The minimum atomic E-state index is -0.661. The number of hydrogen-bond donors (Lipinski definition) is 0. The smallest absolute Gasteiger partial charge is 0.318 e. The van der Waals surface area contributed by atoms with Crippen molar-refractivity contribution in [1.29, 1.82) is 0 Å². The molecule has 5 rings (SSSR count). The van der Waals surface area contributed by atoms with Gasteiger partial charge < -0.3 is 14.6 Å². The van der Waals surface area contributed by atoms with E-state index in [1.54, 1.807) is 42.5 Å². The summed E-state index contributed by atoms with van der Waals surface area (Å²) in [5.74, 6) is -1.78. The van der Waals surface area contributed by atoms with Crippen LogP contribution >= 0.6 is 0 Å². The molecule has 256 valence electrons. The van der Waals surface area contributed by atoms with Crippen LogP contribution in [0.1, 0.15) is 97.3 Å². The molecular weight excluding hydrogens is 634 g/mol. The van der Waals surface area contributed by atoms with E-state index in [9.17, 15) is 24.0 Å². The lowest BCUT2D eigenvalue weighted by Gasteiger charge is -2.28. The van der Waals surface area contributed by atoms with Gasteiger partial charge in [-0.2, -0.15) is 0 Å². The fourth-order valence-corrected chi connectivity index (χ4v) is 6.17. The minimum absolute atomic E-state index is 0.0108. The molecule has 0 N–H and O–H groups in total. The van der Waals surface area contributed by atoms with E-state index < -0.39 is 23.5 Å². The Kier molecular flexibility index (Phi) is 11.4. The number of carbonyl (C=O) groups is 5. The summed E-state index contributed by atoms with van der Waals surface area (Å²) in [6.07, 6.45) is 5.72. The molecule has 4 aromatic rings. The van der Waals surface area contributed by atoms with Gasteiger partial charge in [0.25, 0.3) is 0 Å². The monoisotopic (exact) mass is 673 g/mol. The van der Waals surface area contributed by atoms with Crippen molar-refractivity contribution in [3.05, 3.63) is 102 Å². The largest absolute Gasteiger partial charge is 0.331 e. The average Bonchev–Trinajstić information content (AvgIpc) is 3.65. The highest BCUT2D eigenvalue weighted by Crippen LogP contribution is 2.40. The van der Waals surface area contributed by atoms with Crippen LogP contribution in [0, 0.1) is 5.92 Å². The van der Waals surface area contributed by atoms with Crippen LogP contribution < -0.4 is 4.90 Å². The molecule has 50 heavy (non-hydrogen) atoms. The summed E-state index contributed by atoms with van der Waals surface area (Å²) in [7, 11) is 0. The van der Waals surface area contributed by atoms with E-state index in [0.717, 1.165) is 35.7 Å². The summed E-state index contributed by atoms with van der Waals surface area (Å²) >= 11 is 0. The molecule has 0 amide bonds. The van der Waals surface area contributed by atoms with E-state index in [2.05, 4.69) is 15.1 Å². The van der Waals surface area contributed by atoms with E-state index in [-0.39, 0.29) is 22.8 Å². The number of fused-ring (bicyclic) bond motifs is 1. The first-order valence-electron chi connectivity index (χ1n) is 16.6. The number of oxime groups is 2. The topological polar surface area (TPSA) is 132 Å². The molecule has 0 aromatic heterocycles. The van der Waals surface area contributed by atoms with Crippen molar-refractivity contribution in [3.8, 4) is 0 Å². The summed E-state index contributed by atoms with van der Waals surface area (Å²) in [6.45, 7) is 5.30. The summed E-state index contributed by atoms with van der Waals surface area (Å²) in [4.78, 5) is 74.5. The Morgan fingerprint density at radius 1 is 0.660 bits per heavy atom. The normalized spacial score (nSPS) is 13.6. The van der Waals surface area contributed by atoms with Crippen LogP contribution in [-0.4, -0.2) is 40.7 Å². The molecule has 1 fully saturated rings. The number of Topliss-reactive ketones (excluding diaryl/α,β-unsaturated/α-hetero) is 3. The second kappa shape index (κ2) is 16.1. The van der Waals surface area contributed by atoms with E-state index in [0.29, 0.717) is 34.8 Å². The predicted octanol–water partition coefficient (Wildman–Crippen LogP) is 8.71. The van der Waals surface area contributed by atoms with Crippen LogP contribution in [-0.2, 0) is 19.3 Å². The van der Waals surface area contributed by atoms with Gasteiger partial charge in [0.15, 0.2) is 5.78 Å². The fourth-order valence-electron chi connectivity index (χ4n) is 6.17. The molecule has 1 aliphatic carbocycles. The molecule has 1 saturated carbocycles. The number of hydrogen-bond acceptors (Lipinski definition) is 10. The van der Waals surface area contributed by atoms with Crippen molar-refractivity contribution in [2.75, 3.05) is 4.90 Å². The van der Waals surface area contributed by atoms with Crippen LogP contribution in [0.3, 0.4) is 0 Å². The number of carbonyl (C=O) groups excluding carboxylic acids is 5. The van der Waals surface area contributed by atoms with Crippen molar-refractivity contribution < 1.29 is 33.6 Å². The van der Waals surface area contributed by atoms with Crippen molar-refractivity contribution in [3.63, 3.8) is 0 Å². The highest BCUT2D eigenvalue weighted by Gasteiger charge is 2.23. The molecule has 0 unspecified atom stereocenters. The summed E-state index contributed by atoms with van der Waals surface area (Å²) in [6, 6.07) is 25.6. The van der Waals surface area contributed by atoms with Crippen LogP contribution in [0.2, 0.25) is 0 Å². The minimum Gasteiger partial charge on any atom is -0.318 e. The van der Waals surface area contributed by atoms with Crippen LogP contribution in [0.15, 0.2) is 95.2 Å². The summed E-state index contributed by atoms with van der Waals surface area (Å²) < 4.78 is 0. The fraction of sp³-hybridized carbons (Fsp3) is 0.275. The molecular formula is C40H39N3O7. The first kappa shape index (κ1) is 35.5. The Morgan fingerprint density at radius 3 is 1.88 bits per heavy atom. The van der Waals surface area contributed by atoms with Gasteiger partial charge >= 0.3 is 11.9 Å². The summed E-state index contributed by atoms with van der Waals surface area (Å²) in [5, 5.41) is 9.22. The maximum atomic E-state index is 13.8. The Labute approximate surface area is 290 Å². The van der Waals surface area contributed by atoms with Crippen LogP contribution in [0.5, 0.6) is 0 Å². The summed E-state index contributed by atoms with van der Waals surface area (Å²) in [5.41, 5.74) is 2.81. The molecule has 0 aliphatic heterocycles. The van der Waals surface area contributed by atoms with Gasteiger partial charge in [-0.25, -0.2) is 9.59 Å². The highest BCUT2D eigenvalue weighted by atomic mass is 16.7. The van der Waals surface area contributed by atoms with Crippen molar-refractivity contribution in [1.82, 2.24) is 0 Å². The highest BCUT2D eigenvalue weighted by molar-refractivity contribution is 6.45. The predicted molar refractivity (Wildman–Crippen MR) is 193 cm³/mol. The molecule has 0 heterocycles. The van der Waals surface area contributed by atoms with Gasteiger partial charge in [-0.1, -0.05) is 72.4 Å². The van der Waals surface area contributed by atoms with Gasteiger partial charge in [-0.15, -0.1) is 0 Å². The molecule has 0 bridgehead atoms. The number of rotatable bonds is 13. The Bertz CT molecular complexity index is 2000. The standard InChI is InChI=1S/C40H39N3O7/c1-25(41-49-27(3)44)39(47)31-17-19-34(20-18-31)43(37-15-9-13-30-12-7-8-14-36(30)37)35-23-32(38(46)21-16-29-10-5-6-11-29)22-33(24-35)40(48)26(2)42-50-28(4)45/h7-9,12-15,17-20,22-24,29H,5-6,10-11,16,21H2,1-4H3/b41-25+,42-26+. The second-order valence-corrected chi connectivity index (χ2v) is 12.4. The van der Waals surface area contributed by atoms with Crippen LogP contribution in [0.4, 0.5) is 17.1 Å². The lowest BCUT2D eigenvalue weighted by molar-refractivity contribution is -0.141. The zero-order valence-corrected chi connectivity index (χ0v) is 28.6. The molecule has 10 heteroatoms. The zero-order valence-electron chi connectivity index (χ0n) is 28.6. The van der Waals surface area contributed by atoms with E-state index in [1.165, 1.54) is 40.5 Å². The Balaban J connectivity index is 1.64. The van der Waals surface area contributed by atoms with E-state index in [1.807, 2.05) is 47.4 Å². The lowest BCUT2D eigenvalue weighted by atomic mass is 9.95. The number of ketones is 3. The van der Waals surface area contributed by atoms with Gasteiger partial charge in [0.05, 0.1) is 5.69 Å². The first-order valence-corrected chi connectivity index (χ1v) is 16.6. The molecule has 0 atom stereocenters. The third-order valence-corrected chi connectivity index (χ3v) is 8.69. The van der Waals surface area contributed by atoms with Crippen molar-refractivity contribution in [2.24, 2.45) is 16.2 Å². The van der Waals surface area contributed by atoms with E-state index in [4.69, 9.17) is 4.84 Å². The SMILES string of the molecule is CC(=O)O/N=C(\C)C(=O)c1ccc(N(c2cc(C(=O)CCC3CCCC3)cc(C(=O)/C(C)=N/OC(C)=O)c2)c2cccc3ccccc23)cc1. The molecule has 0 saturated heterocycles. The van der Waals surface area contributed by atoms with E-state index >= 15 is 0 Å². The lowest BCUT2D eigenvalue weighted by Crippen LogP contribution is -2.17. The van der Waals surface area contributed by atoms with Crippen molar-refractivity contribution in [2.45, 2.75) is 66.2 Å². The molecule has 1 aliphatic rings. The second-order valence-electron chi connectivity index (χ2n) is 12.4. The molecule has 0 spiro atoms. The van der Waals surface area contributed by atoms with Crippen LogP contribution in [0.25, 0.3) is 10.8 Å². The van der Waals surface area contributed by atoms with Gasteiger partial charge in [0.2, 0.25) is 11.6 Å². The maximum absolute atomic E-state index is 13.8. The maximum Gasteiger partial charge on any atom is 0.331 e. The number of anilines is 3. The number of benzene rings is 4. The number of nitrogens with zero attached hydrogens (tertiary/aromatic N) is 3. The molecule has 10 nitrogen and oxygen atoms in total. The van der Waals surface area contributed by atoms with Gasteiger partial charge in [0, 0.05) is 53.7 Å². The van der Waals surface area contributed by atoms with Gasteiger partial charge in [-0.3, -0.25) is 14.4 Å². The Morgan fingerprint density at radius 2 is 1.24 bits per heavy atom. The first-order chi connectivity index (χ1) is 24.0. The Hall–Kier alpha value is -5.77. The van der Waals surface area contributed by atoms with Gasteiger partial charge in [-0.05, 0) is 80.1 Å². The zero-order chi connectivity index (χ0) is 35.8. The van der Waals surface area contributed by atoms with Gasteiger partial charge in [0.1, 0.15) is 11.4 Å².